The standard InChI is InChI=1S/C18H17F2NO2S/c19-17-8-4-7-15(18(17)20)12-21(11-14-5-2-1-3-6-14)16-9-10-24(22,23)13-16/h1-10,16H,11-13H2. The third-order valence-corrected chi connectivity index (χ3v) is 5.39. The lowest BCUT2D eigenvalue weighted by molar-refractivity contribution is 0.222. The second kappa shape index (κ2) is 6.83. The van der Waals surface area contributed by atoms with Crippen LogP contribution in [0.25, 0.3) is 0 Å². The first-order valence-electron chi connectivity index (χ1n) is 7.56. The average Bonchev–Trinajstić information content (AvgIpc) is 2.92. The number of nitrogens with zero attached hydrogens (tertiary/aromatic N) is 1. The van der Waals surface area contributed by atoms with Gasteiger partial charge >= 0.3 is 0 Å². The minimum atomic E-state index is -3.23. The van der Waals surface area contributed by atoms with E-state index in [9.17, 15) is 17.2 Å². The quantitative estimate of drug-likeness (QED) is 0.831. The molecule has 126 valence electrons. The molecule has 24 heavy (non-hydrogen) atoms. The molecular formula is C18H17F2NO2S. The number of rotatable bonds is 5. The first-order valence-corrected chi connectivity index (χ1v) is 9.28. The van der Waals surface area contributed by atoms with Gasteiger partial charge < -0.3 is 0 Å². The Balaban J connectivity index is 1.87. The monoisotopic (exact) mass is 349 g/mol. The molecule has 1 unspecified atom stereocenters. The molecule has 0 aliphatic carbocycles. The van der Waals surface area contributed by atoms with Crippen LogP contribution in [0, 0.1) is 11.6 Å². The fourth-order valence-corrected chi connectivity index (χ4v) is 4.11. The van der Waals surface area contributed by atoms with Crippen LogP contribution in [0.1, 0.15) is 11.1 Å². The molecule has 1 atom stereocenters. The fourth-order valence-electron chi connectivity index (χ4n) is 2.78. The second-order valence-electron chi connectivity index (χ2n) is 5.83. The van der Waals surface area contributed by atoms with Gasteiger partial charge in [-0.05, 0) is 11.6 Å². The summed E-state index contributed by atoms with van der Waals surface area (Å²) in [6, 6.07) is 13.2. The first kappa shape index (κ1) is 16.8. The molecule has 3 rings (SSSR count). The highest BCUT2D eigenvalue weighted by Crippen LogP contribution is 2.22. The van der Waals surface area contributed by atoms with E-state index >= 15 is 0 Å². The maximum Gasteiger partial charge on any atom is 0.173 e. The lowest BCUT2D eigenvalue weighted by Gasteiger charge is -2.27. The lowest BCUT2D eigenvalue weighted by Crippen LogP contribution is -2.35. The van der Waals surface area contributed by atoms with Crippen molar-refractivity contribution >= 4 is 9.84 Å². The van der Waals surface area contributed by atoms with Crippen LogP contribution in [0.4, 0.5) is 8.78 Å². The van der Waals surface area contributed by atoms with E-state index in [-0.39, 0.29) is 23.9 Å². The number of benzene rings is 2. The molecule has 1 aliphatic heterocycles. The van der Waals surface area contributed by atoms with Crippen molar-refractivity contribution in [2.45, 2.75) is 19.1 Å². The minimum Gasteiger partial charge on any atom is -0.287 e. The Morgan fingerprint density at radius 3 is 2.42 bits per heavy atom. The summed E-state index contributed by atoms with van der Waals surface area (Å²) in [5.74, 6) is -1.83. The first-order chi connectivity index (χ1) is 11.4. The molecule has 0 saturated heterocycles. The van der Waals surface area contributed by atoms with Gasteiger partial charge in [-0.1, -0.05) is 48.5 Å². The molecule has 2 aromatic carbocycles. The molecule has 3 nitrogen and oxygen atoms in total. The summed E-state index contributed by atoms with van der Waals surface area (Å²) in [4.78, 5) is 1.84. The third-order valence-electron chi connectivity index (χ3n) is 4.01. The van der Waals surface area contributed by atoms with Crippen LogP contribution in [0.2, 0.25) is 0 Å². The number of hydrogen-bond acceptors (Lipinski definition) is 3. The molecule has 0 amide bonds. The Hall–Kier alpha value is -2.05. The molecule has 0 saturated carbocycles. The van der Waals surface area contributed by atoms with E-state index < -0.39 is 21.5 Å². The van der Waals surface area contributed by atoms with Crippen LogP contribution in [-0.4, -0.2) is 25.1 Å². The van der Waals surface area contributed by atoms with Gasteiger partial charge in [0.15, 0.2) is 21.5 Å². The summed E-state index contributed by atoms with van der Waals surface area (Å²) < 4.78 is 50.9. The van der Waals surface area contributed by atoms with Crippen molar-refractivity contribution < 1.29 is 17.2 Å². The topological polar surface area (TPSA) is 37.4 Å². The van der Waals surface area contributed by atoms with Gasteiger partial charge in [0.05, 0.1) is 5.75 Å². The highest BCUT2D eigenvalue weighted by Gasteiger charge is 2.28. The largest absolute Gasteiger partial charge is 0.287 e. The molecule has 1 aliphatic rings. The molecule has 0 radical (unpaired) electrons. The van der Waals surface area contributed by atoms with E-state index in [1.807, 2.05) is 35.2 Å². The zero-order chi connectivity index (χ0) is 17.2. The van der Waals surface area contributed by atoms with Crippen molar-refractivity contribution in [3.8, 4) is 0 Å². The second-order valence-corrected chi connectivity index (χ2v) is 7.76. The van der Waals surface area contributed by atoms with Crippen LogP contribution in [0.15, 0.2) is 60.0 Å². The SMILES string of the molecule is O=S1(=O)C=CC(N(Cc2ccccc2)Cc2cccc(F)c2F)C1. The Kier molecular flexibility index (Phi) is 4.78. The maximum atomic E-state index is 14.0. The molecule has 0 bridgehead atoms. The Labute approximate surface area is 140 Å². The number of sulfone groups is 1. The highest BCUT2D eigenvalue weighted by molar-refractivity contribution is 7.94. The minimum absolute atomic E-state index is 0.0449. The molecule has 0 N–H and O–H groups in total. The van der Waals surface area contributed by atoms with Crippen molar-refractivity contribution in [1.29, 1.82) is 0 Å². The highest BCUT2D eigenvalue weighted by atomic mass is 32.2. The van der Waals surface area contributed by atoms with E-state index in [2.05, 4.69) is 0 Å². The average molecular weight is 349 g/mol. The van der Waals surface area contributed by atoms with E-state index in [4.69, 9.17) is 0 Å². The molecule has 2 aromatic rings. The van der Waals surface area contributed by atoms with Crippen LogP contribution in [0.3, 0.4) is 0 Å². The van der Waals surface area contributed by atoms with Crippen molar-refractivity contribution in [1.82, 2.24) is 4.90 Å². The summed E-state index contributed by atoms with van der Waals surface area (Å²) in [5, 5.41) is 1.19. The van der Waals surface area contributed by atoms with Gasteiger partial charge in [-0.2, -0.15) is 0 Å². The van der Waals surface area contributed by atoms with Crippen molar-refractivity contribution in [3.63, 3.8) is 0 Å². The lowest BCUT2D eigenvalue weighted by atomic mass is 10.1. The van der Waals surface area contributed by atoms with E-state index in [1.54, 1.807) is 6.08 Å². The van der Waals surface area contributed by atoms with E-state index in [1.165, 1.54) is 17.5 Å². The van der Waals surface area contributed by atoms with Crippen LogP contribution in [0.5, 0.6) is 0 Å². The van der Waals surface area contributed by atoms with Crippen LogP contribution in [-0.2, 0) is 22.9 Å². The Bertz CT molecular complexity index is 851. The molecule has 0 aromatic heterocycles. The third kappa shape index (κ3) is 3.88. The predicted molar refractivity (Wildman–Crippen MR) is 88.8 cm³/mol. The summed E-state index contributed by atoms with van der Waals surface area (Å²) in [6.45, 7) is 0.574. The van der Waals surface area contributed by atoms with Gasteiger partial charge in [0.1, 0.15) is 0 Å². The summed E-state index contributed by atoms with van der Waals surface area (Å²) in [7, 11) is -3.23. The van der Waals surface area contributed by atoms with Gasteiger partial charge in [0.25, 0.3) is 0 Å². The van der Waals surface area contributed by atoms with Gasteiger partial charge in [0, 0.05) is 30.1 Å². The predicted octanol–water partition coefficient (Wildman–Crippen LogP) is 3.28. The molecular weight excluding hydrogens is 332 g/mol. The van der Waals surface area contributed by atoms with Crippen molar-refractivity contribution in [2.75, 3.05) is 5.75 Å². The normalized spacial score (nSPS) is 19.0. The number of halogens is 2. The zero-order valence-electron chi connectivity index (χ0n) is 12.9. The molecule has 6 heteroatoms. The number of hydrogen-bond donors (Lipinski definition) is 0. The summed E-state index contributed by atoms with van der Waals surface area (Å²) in [5.41, 5.74) is 1.19. The fraction of sp³-hybridized carbons (Fsp3) is 0.222. The van der Waals surface area contributed by atoms with Gasteiger partial charge in [-0.3, -0.25) is 4.90 Å². The van der Waals surface area contributed by atoms with Gasteiger partial charge in [0.2, 0.25) is 0 Å². The Morgan fingerprint density at radius 2 is 1.75 bits per heavy atom. The van der Waals surface area contributed by atoms with Crippen molar-refractivity contribution in [3.05, 3.63) is 82.8 Å². The smallest absolute Gasteiger partial charge is 0.173 e. The Morgan fingerprint density at radius 1 is 1.00 bits per heavy atom. The summed E-state index contributed by atoms with van der Waals surface area (Å²) in [6.07, 6.45) is 1.61. The summed E-state index contributed by atoms with van der Waals surface area (Å²) >= 11 is 0. The molecule has 0 spiro atoms. The maximum absolute atomic E-state index is 14.0. The molecule has 0 fully saturated rings. The van der Waals surface area contributed by atoms with Gasteiger partial charge in [-0.25, -0.2) is 17.2 Å². The van der Waals surface area contributed by atoms with Gasteiger partial charge in [-0.15, -0.1) is 0 Å². The van der Waals surface area contributed by atoms with E-state index in [0.717, 1.165) is 11.6 Å². The van der Waals surface area contributed by atoms with Crippen LogP contribution >= 0.6 is 0 Å². The van der Waals surface area contributed by atoms with Crippen LogP contribution < -0.4 is 0 Å². The molecule has 1 heterocycles. The zero-order valence-corrected chi connectivity index (χ0v) is 13.7. The van der Waals surface area contributed by atoms with Crippen molar-refractivity contribution in [2.24, 2.45) is 0 Å². The van der Waals surface area contributed by atoms with E-state index in [0.29, 0.717) is 6.54 Å².